The molecule has 2 aliphatic heterocycles. The van der Waals surface area contributed by atoms with Crippen molar-refractivity contribution >= 4 is 34.5 Å². The summed E-state index contributed by atoms with van der Waals surface area (Å²) in [5, 5.41) is 5.20. The highest BCUT2D eigenvalue weighted by atomic mass is 32.1. The van der Waals surface area contributed by atoms with Gasteiger partial charge in [-0.15, -0.1) is 11.3 Å². The number of thiophene rings is 1. The van der Waals surface area contributed by atoms with Gasteiger partial charge in [-0.05, 0) is 60.0 Å². The van der Waals surface area contributed by atoms with Crippen LogP contribution >= 0.6 is 11.3 Å². The number of benzene rings is 1. The lowest BCUT2D eigenvalue weighted by molar-refractivity contribution is -0.118. The van der Waals surface area contributed by atoms with Crippen LogP contribution in [0.5, 0.6) is 0 Å². The molecule has 2 amide bonds. The molecule has 27 heavy (non-hydrogen) atoms. The maximum absolute atomic E-state index is 12.7. The lowest BCUT2D eigenvalue weighted by Crippen LogP contribution is -2.40. The Morgan fingerprint density at radius 3 is 2.85 bits per heavy atom. The molecule has 0 bridgehead atoms. The summed E-state index contributed by atoms with van der Waals surface area (Å²) in [5.41, 5.74) is 4.29. The summed E-state index contributed by atoms with van der Waals surface area (Å²) in [6, 6.07) is 8.37. The van der Waals surface area contributed by atoms with Crippen molar-refractivity contribution in [1.82, 2.24) is 4.90 Å². The van der Waals surface area contributed by atoms with Crippen molar-refractivity contribution in [2.45, 2.75) is 39.2 Å². The first-order valence-electron chi connectivity index (χ1n) is 9.58. The zero-order valence-electron chi connectivity index (χ0n) is 15.8. The van der Waals surface area contributed by atoms with Gasteiger partial charge in [-0.3, -0.25) is 14.5 Å². The molecule has 142 valence electrons. The molecule has 4 rings (SSSR count). The molecule has 1 aromatic carbocycles. The van der Waals surface area contributed by atoms with Gasteiger partial charge >= 0.3 is 0 Å². The van der Waals surface area contributed by atoms with Crippen LogP contribution in [-0.2, 0) is 22.4 Å². The van der Waals surface area contributed by atoms with Gasteiger partial charge in [0.25, 0.3) is 0 Å². The van der Waals surface area contributed by atoms with Gasteiger partial charge in [0, 0.05) is 42.3 Å². The van der Waals surface area contributed by atoms with Crippen molar-refractivity contribution in [1.29, 1.82) is 0 Å². The average Bonchev–Trinajstić information content (AvgIpc) is 3.27. The lowest BCUT2D eigenvalue weighted by Gasteiger charge is -2.34. The molecule has 0 aliphatic carbocycles. The second-order valence-corrected chi connectivity index (χ2v) is 8.26. The fourth-order valence-electron chi connectivity index (χ4n) is 4.31. The second kappa shape index (κ2) is 7.44. The highest BCUT2D eigenvalue weighted by Crippen LogP contribution is 2.35. The highest BCUT2D eigenvalue weighted by Gasteiger charge is 2.28. The van der Waals surface area contributed by atoms with E-state index in [-0.39, 0.29) is 11.8 Å². The molecule has 3 heterocycles. The summed E-state index contributed by atoms with van der Waals surface area (Å²) in [7, 11) is 0. The van der Waals surface area contributed by atoms with Crippen LogP contribution in [0.3, 0.4) is 0 Å². The van der Waals surface area contributed by atoms with Crippen LogP contribution < -0.4 is 10.2 Å². The largest absolute Gasteiger partial charge is 0.325 e. The summed E-state index contributed by atoms with van der Waals surface area (Å²) >= 11 is 1.83. The minimum atomic E-state index is 0.0218. The Labute approximate surface area is 164 Å². The average molecular weight is 384 g/mol. The van der Waals surface area contributed by atoms with Crippen LogP contribution in [0, 0.1) is 0 Å². The lowest BCUT2D eigenvalue weighted by atomic mass is 9.98. The first-order valence-corrected chi connectivity index (χ1v) is 10.5. The number of hydrogen-bond acceptors (Lipinski definition) is 4. The minimum absolute atomic E-state index is 0.0218. The third-order valence-corrected chi connectivity index (χ3v) is 6.57. The number of carbonyl (C=O) groups excluding carboxylic acids is 2. The summed E-state index contributed by atoms with van der Waals surface area (Å²) in [4.78, 5) is 29.9. The number of nitrogens with one attached hydrogen (secondary N) is 1. The normalized spacial score (nSPS) is 18.9. The number of amides is 2. The topological polar surface area (TPSA) is 52.7 Å². The van der Waals surface area contributed by atoms with Crippen LogP contribution in [0.4, 0.5) is 11.4 Å². The summed E-state index contributed by atoms with van der Waals surface area (Å²) in [5.74, 6) is 0.0857. The van der Waals surface area contributed by atoms with E-state index in [4.69, 9.17) is 0 Å². The smallest absolute Gasteiger partial charge is 0.238 e. The van der Waals surface area contributed by atoms with Gasteiger partial charge in [0.15, 0.2) is 0 Å². The van der Waals surface area contributed by atoms with E-state index in [2.05, 4.69) is 28.6 Å². The van der Waals surface area contributed by atoms with Gasteiger partial charge in [-0.25, -0.2) is 0 Å². The van der Waals surface area contributed by atoms with Crippen LogP contribution in [0.25, 0.3) is 0 Å². The van der Waals surface area contributed by atoms with Crippen LogP contribution in [-0.4, -0.2) is 36.3 Å². The van der Waals surface area contributed by atoms with E-state index < -0.39 is 0 Å². The predicted octanol–water partition coefficient (Wildman–Crippen LogP) is 3.61. The second-order valence-electron chi connectivity index (χ2n) is 7.26. The number of rotatable bonds is 4. The molecule has 0 unspecified atom stereocenters. The molecular formula is C21H25N3O2S. The molecule has 1 aromatic heterocycles. The molecular weight excluding hydrogens is 358 g/mol. The van der Waals surface area contributed by atoms with Gasteiger partial charge in [-0.2, -0.15) is 0 Å². The fraction of sp³-hybridized carbons (Fsp3) is 0.429. The Morgan fingerprint density at radius 2 is 2.07 bits per heavy atom. The molecule has 1 atom stereocenters. The molecule has 0 fully saturated rings. The molecule has 0 radical (unpaired) electrons. The van der Waals surface area contributed by atoms with Crippen molar-refractivity contribution in [2.75, 3.05) is 29.9 Å². The van der Waals surface area contributed by atoms with E-state index >= 15 is 0 Å². The number of carbonyl (C=O) groups is 2. The van der Waals surface area contributed by atoms with E-state index in [1.807, 2.05) is 29.5 Å². The van der Waals surface area contributed by atoms with Crippen molar-refractivity contribution in [2.24, 2.45) is 0 Å². The van der Waals surface area contributed by atoms with Gasteiger partial charge < -0.3 is 10.2 Å². The van der Waals surface area contributed by atoms with Gasteiger partial charge in [-0.1, -0.05) is 6.92 Å². The van der Waals surface area contributed by atoms with E-state index in [0.717, 1.165) is 49.3 Å². The fourth-order valence-corrected chi connectivity index (χ4v) is 5.24. The summed E-state index contributed by atoms with van der Waals surface area (Å²) in [6.07, 6.45) is 2.87. The first kappa shape index (κ1) is 18.2. The Morgan fingerprint density at radius 1 is 1.22 bits per heavy atom. The molecule has 2 aromatic rings. The van der Waals surface area contributed by atoms with E-state index in [9.17, 15) is 9.59 Å². The number of fused-ring (bicyclic) bond motifs is 2. The number of nitrogens with zero attached hydrogens (tertiary/aromatic N) is 2. The minimum Gasteiger partial charge on any atom is -0.325 e. The SMILES string of the molecule is CC[C@@H]1c2ccsc2CCN1CC(=O)Nc1ccc2c(c1)CCN2C(C)=O. The van der Waals surface area contributed by atoms with Crippen LogP contribution in [0.15, 0.2) is 29.6 Å². The van der Waals surface area contributed by atoms with Crippen LogP contribution in [0.2, 0.25) is 0 Å². The van der Waals surface area contributed by atoms with Crippen molar-refractivity contribution < 1.29 is 9.59 Å². The summed E-state index contributed by atoms with van der Waals surface area (Å²) < 4.78 is 0. The monoisotopic (exact) mass is 383 g/mol. The third-order valence-electron chi connectivity index (χ3n) is 5.58. The Kier molecular flexibility index (Phi) is 5.02. The molecule has 1 N–H and O–H groups in total. The van der Waals surface area contributed by atoms with Gasteiger partial charge in [0.2, 0.25) is 11.8 Å². The van der Waals surface area contributed by atoms with Crippen molar-refractivity contribution in [3.63, 3.8) is 0 Å². The van der Waals surface area contributed by atoms with Gasteiger partial charge in [0.05, 0.1) is 6.54 Å². The summed E-state index contributed by atoms with van der Waals surface area (Å²) in [6.45, 7) is 5.83. The molecule has 2 aliphatic rings. The first-order chi connectivity index (χ1) is 13.1. The van der Waals surface area contributed by atoms with Crippen molar-refractivity contribution in [3.8, 4) is 0 Å². The standard InChI is InChI=1S/C21H25N3O2S/c1-3-18-17-8-11-27-20(17)7-9-23(18)13-21(26)22-16-4-5-19-15(12-16)6-10-24(19)14(2)25/h4-5,8,11-12,18H,3,6-7,9-10,13H2,1-2H3,(H,22,26)/t18-/m1/s1. The predicted molar refractivity (Wildman–Crippen MR) is 109 cm³/mol. The molecule has 6 heteroatoms. The van der Waals surface area contributed by atoms with Gasteiger partial charge in [0.1, 0.15) is 0 Å². The van der Waals surface area contributed by atoms with E-state index in [1.54, 1.807) is 11.8 Å². The number of hydrogen-bond donors (Lipinski definition) is 1. The zero-order chi connectivity index (χ0) is 19.0. The molecule has 0 saturated carbocycles. The van der Waals surface area contributed by atoms with Crippen LogP contribution in [0.1, 0.15) is 42.3 Å². The number of anilines is 2. The Balaban J connectivity index is 1.42. The molecule has 5 nitrogen and oxygen atoms in total. The van der Waals surface area contributed by atoms with Crippen molar-refractivity contribution in [3.05, 3.63) is 45.6 Å². The molecule has 0 saturated heterocycles. The zero-order valence-corrected chi connectivity index (χ0v) is 16.6. The van der Waals surface area contributed by atoms with E-state index in [0.29, 0.717) is 12.6 Å². The maximum Gasteiger partial charge on any atom is 0.238 e. The quantitative estimate of drug-likeness (QED) is 0.878. The Hall–Kier alpha value is -2.18. The maximum atomic E-state index is 12.7. The molecule has 0 spiro atoms. The van der Waals surface area contributed by atoms with E-state index in [1.165, 1.54) is 10.4 Å². The third kappa shape index (κ3) is 3.51. The Bertz CT molecular complexity index is 876. The highest BCUT2D eigenvalue weighted by molar-refractivity contribution is 7.10.